The SMILES string of the molecule is C=C[C@H](c1cccc2c1OC(F)(F)O2)N1CCNCC1.Cl.Cl. The monoisotopic (exact) mass is 354 g/mol. The number of nitrogens with one attached hydrogen (secondary N) is 1. The first-order valence-electron chi connectivity index (χ1n) is 6.57. The molecule has 124 valence electrons. The first-order chi connectivity index (χ1) is 9.61. The Morgan fingerprint density at radius 3 is 2.55 bits per heavy atom. The van der Waals surface area contributed by atoms with Crippen LogP contribution in [0.15, 0.2) is 30.9 Å². The Hall–Kier alpha value is -1.08. The molecule has 4 nitrogen and oxygen atoms in total. The first kappa shape index (κ1) is 19.0. The fourth-order valence-corrected chi connectivity index (χ4v) is 2.66. The van der Waals surface area contributed by atoms with Gasteiger partial charge >= 0.3 is 6.29 Å². The van der Waals surface area contributed by atoms with E-state index in [1.54, 1.807) is 18.2 Å². The lowest BCUT2D eigenvalue weighted by molar-refractivity contribution is -0.287. The maximum Gasteiger partial charge on any atom is 0.586 e. The van der Waals surface area contributed by atoms with Crippen LogP contribution in [0.2, 0.25) is 0 Å². The summed E-state index contributed by atoms with van der Waals surface area (Å²) in [6.07, 6.45) is -1.84. The van der Waals surface area contributed by atoms with E-state index in [4.69, 9.17) is 0 Å². The highest BCUT2D eigenvalue weighted by atomic mass is 35.5. The summed E-state index contributed by atoms with van der Waals surface area (Å²) in [6.45, 7) is 7.23. The van der Waals surface area contributed by atoms with Gasteiger partial charge in [-0.25, -0.2) is 0 Å². The fraction of sp³-hybridized carbons (Fsp3) is 0.429. The Morgan fingerprint density at radius 2 is 1.91 bits per heavy atom. The van der Waals surface area contributed by atoms with E-state index in [0.717, 1.165) is 26.2 Å². The Morgan fingerprint density at radius 1 is 1.23 bits per heavy atom. The van der Waals surface area contributed by atoms with Crippen molar-refractivity contribution in [3.8, 4) is 11.5 Å². The van der Waals surface area contributed by atoms with Gasteiger partial charge < -0.3 is 14.8 Å². The normalized spacial score (nSPS) is 20.5. The summed E-state index contributed by atoms with van der Waals surface area (Å²) < 4.78 is 35.6. The van der Waals surface area contributed by atoms with Crippen LogP contribution in [0.25, 0.3) is 0 Å². The Bertz CT molecular complexity index is 526. The van der Waals surface area contributed by atoms with Gasteiger partial charge in [-0.3, -0.25) is 4.90 Å². The molecule has 0 spiro atoms. The van der Waals surface area contributed by atoms with E-state index < -0.39 is 6.29 Å². The lowest BCUT2D eigenvalue weighted by Gasteiger charge is -2.33. The van der Waals surface area contributed by atoms with E-state index in [1.165, 1.54) is 6.07 Å². The third-order valence-corrected chi connectivity index (χ3v) is 3.55. The molecule has 2 heterocycles. The maximum absolute atomic E-state index is 13.2. The summed E-state index contributed by atoms with van der Waals surface area (Å²) in [5.41, 5.74) is 0.663. The summed E-state index contributed by atoms with van der Waals surface area (Å²) >= 11 is 0. The molecule has 2 aliphatic rings. The van der Waals surface area contributed by atoms with Crippen LogP contribution in [0.1, 0.15) is 11.6 Å². The molecule has 0 amide bonds. The van der Waals surface area contributed by atoms with Crippen LogP contribution in [-0.4, -0.2) is 37.4 Å². The minimum Gasteiger partial charge on any atom is -0.395 e. The van der Waals surface area contributed by atoms with Gasteiger partial charge in [0, 0.05) is 31.7 Å². The Kier molecular flexibility index (Phi) is 6.43. The van der Waals surface area contributed by atoms with Gasteiger partial charge in [0.2, 0.25) is 0 Å². The first-order valence-corrected chi connectivity index (χ1v) is 6.57. The lowest BCUT2D eigenvalue weighted by atomic mass is 10.0. The average molecular weight is 355 g/mol. The number of alkyl halides is 2. The van der Waals surface area contributed by atoms with Gasteiger partial charge in [-0.1, -0.05) is 18.2 Å². The third kappa shape index (κ3) is 3.63. The molecule has 0 unspecified atom stereocenters. The van der Waals surface area contributed by atoms with Crippen molar-refractivity contribution in [2.75, 3.05) is 26.2 Å². The third-order valence-electron chi connectivity index (χ3n) is 3.55. The van der Waals surface area contributed by atoms with E-state index >= 15 is 0 Å². The van der Waals surface area contributed by atoms with Crippen LogP contribution in [0, 0.1) is 0 Å². The largest absolute Gasteiger partial charge is 0.586 e. The minimum absolute atomic E-state index is 0. The molecule has 1 fully saturated rings. The molecule has 1 atom stereocenters. The summed E-state index contributed by atoms with van der Waals surface area (Å²) in [5, 5.41) is 3.26. The zero-order chi connectivity index (χ0) is 14.2. The number of hydrogen-bond acceptors (Lipinski definition) is 4. The van der Waals surface area contributed by atoms with E-state index in [-0.39, 0.29) is 42.4 Å². The predicted molar refractivity (Wildman–Crippen MR) is 84.5 cm³/mol. The number of nitrogens with zero attached hydrogens (tertiary/aromatic N) is 1. The lowest BCUT2D eigenvalue weighted by Crippen LogP contribution is -2.44. The smallest absolute Gasteiger partial charge is 0.395 e. The van der Waals surface area contributed by atoms with Crippen molar-refractivity contribution >= 4 is 24.8 Å². The fourth-order valence-electron chi connectivity index (χ4n) is 2.66. The number of fused-ring (bicyclic) bond motifs is 1. The second kappa shape index (κ2) is 7.46. The standard InChI is InChI=1S/C14H16F2N2O2.2ClH/c1-2-11(18-8-6-17-7-9-18)10-4-3-5-12-13(10)20-14(15,16)19-12;;/h2-5,11,17H,1,6-9H2;2*1H/t11-;;/m1../s1. The summed E-state index contributed by atoms with van der Waals surface area (Å²) in [4.78, 5) is 2.18. The zero-order valence-corrected chi connectivity index (χ0v) is 13.4. The number of ether oxygens (including phenoxy) is 2. The number of rotatable bonds is 3. The molecule has 1 saturated heterocycles. The molecule has 0 saturated carbocycles. The van der Waals surface area contributed by atoms with E-state index in [9.17, 15) is 8.78 Å². The van der Waals surface area contributed by atoms with Crippen molar-refractivity contribution in [1.29, 1.82) is 0 Å². The van der Waals surface area contributed by atoms with Crippen molar-refractivity contribution < 1.29 is 18.3 Å². The second-order valence-corrected chi connectivity index (χ2v) is 4.81. The van der Waals surface area contributed by atoms with Crippen molar-refractivity contribution in [3.05, 3.63) is 36.4 Å². The predicted octanol–water partition coefficient (Wildman–Crippen LogP) is 2.98. The number of halogens is 4. The average Bonchev–Trinajstić information content (AvgIpc) is 2.75. The van der Waals surface area contributed by atoms with Crippen LogP contribution in [-0.2, 0) is 0 Å². The van der Waals surface area contributed by atoms with Gasteiger partial charge in [0.05, 0.1) is 6.04 Å². The highest BCUT2D eigenvalue weighted by molar-refractivity contribution is 5.85. The van der Waals surface area contributed by atoms with E-state index in [0.29, 0.717) is 5.56 Å². The van der Waals surface area contributed by atoms with Crippen LogP contribution < -0.4 is 14.8 Å². The number of piperazine rings is 1. The molecule has 0 aromatic heterocycles. The van der Waals surface area contributed by atoms with Crippen molar-refractivity contribution in [2.45, 2.75) is 12.3 Å². The van der Waals surface area contributed by atoms with Gasteiger partial charge in [0.15, 0.2) is 11.5 Å². The summed E-state index contributed by atoms with van der Waals surface area (Å²) in [5.74, 6) is 0.190. The second-order valence-electron chi connectivity index (χ2n) is 4.81. The van der Waals surface area contributed by atoms with Crippen molar-refractivity contribution in [1.82, 2.24) is 10.2 Å². The summed E-state index contributed by atoms with van der Waals surface area (Å²) in [6, 6.07) is 4.79. The van der Waals surface area contributed by atoms with E-state index in [2.05, 4.69) is 26.3 Å². The molecule has 0 bridgehead atoms. The van der Waals surface area contributed by atoms with Crippen molar-refractivity contribution in [2.24, 2.45) is 0 Å². The molecular formula is C14H18Cl2F2N2O2. The molecule has 3 rings (SSSR count). The molecule has 1 aromatic carbocycles. The van der Waals surface area contributed by atoms with Gasteiger partial charge in [-0.2, -0.15) is 0 Å². The van der Waals surface area contributed by atoms with Gasteiger partial charge in [0.1, 0.15) is 0 Å². The quantitative estimate of drug-likeness (QED) is 0.846. The van der Waals surface area contributed by atoms with Gasteiger partial charge in [-0.05, 0) is 6.07 Å². The molecule has 8 heteroatoms. The zero-order valence-electron chi connectivity index (χ0n) is 11.8. The Labute approximate surface area is 140 Å². The van der Waals surface area contributed by atoms with Gasteiger partial charge in [0.25, 0.3) is 0 Å². The van der Waals surface area contributed by atoms with Crippen molar-refractivity contribution in [3.63, 3.8) is 0 Å². The maximum atomic E-state index is 13.2. The number of hydrogen-bond donors (Lipinski definition) is 1. The molecular weight excluding hydrogens is 337 g/mol. The van der Waals surface area contributed by atoms with Crippen LogP contribution in [0.4, 0.5) is 8.78 Å². The van der Waals surface area contributed by atoms with Crippen LogP contribution in [0.3, 0.4) is 0 Å². The molecule has 1 aromatic rings. The number of para-hydroxylation sites is 1. The van der Waals surface area contributed by atoms with Gasteiger partial charge in [-0.15, -0.1) is 40.2 Å². The minimum atomic E-state index is -3.59. The highest BCUT2D eigenvalue weighted by Gasteiger charge is 2.45. The highest BCUT2D eigenvalue weighted by Crippen LogP contribution is 2.46. The molecule has 0 aliphatic carbocycles. The molecule has 1 N–H and O–H groups in total. The topological polar surface area (TPSA) is 33.7 Å². The van der Waals surface area contributed by atoms with Crippen LogP contribution >= 0.6 is 24.8 Å². The van der Waals surface area contributed by atoms with Crippen LogP contribution in [0.5, 0.6) is 11.5 Å². The summed E-state index contributed by atoms with van der Waals surface area (Å²) in [7, 11) is 0. The Balaban J connectivity index is 0.00000121. The number of benzene rings is 1. The molecule has 22 heavy (non-hydrogen) atoms. The molecule has 2 aliphatic heterocycles. The molecule has 0 radical (unpaired) electrons. The van der Waals surface area contributed by atoms with E-state index in [1.807, 2.05) is 0 Å².